The molecule has 0 N–H and O–H groups in total. The molecule has 2 aromatic carbocycles. The lowest BCUT2D eigenvalue weighted by molar-refractivity contribution is 0.211. The molecule has 0 radical (unpaired) electrons. The van der Waals surface area contributed by atoms with E-state index in [2.05, 4.69) is 137 Å². The van der Waals surface area contributed by atoms with Gasteiger partial charge in [0.15, 0.2) is 0 Å². The molecule has 2 saturated carbocycles. The predicted octanol–water partition coefficient (Wildman–Crippen LogP) is 11.3. The van der Waals surface area contributed by atoms with Gasteiger partial charge in [-0.2, -0.15) is 0 Å². The number of rotatable bonds is 9. The molecule has 6 rings (SSSR count). The summed E-state index contributed by atoms with van der Waals surface area (Å²) in [6.07, 6.45) is 26.5. The minimum absolute atomic E-state index is 0.0135. The average Bonchev–Trinajstić information content (AvgIpc) is 3.59. The van der Waals surface area contributed by atoms with Crippen LogP contribution in [0, 0.1) is 46.8 Å². The van der Waals surface area contributed by atoms with Gasteiger partial charge in [0.1, 0.15) is 0 Å². The SMILES string of the molecule is C=CCCCC1CCC(C(CC2C3C=C(C)C=CC3C3C=CC(C(C)(C)C)=CC32)(c2ccccc2)c2ccccc2)C1. The first-order chi connectivity index (χ1) is 20.3. The maximum atomic E-state index is 3.99. The van der Waals surface area contributed by atoms with Crippen LogP contribution in [0.4, 0.5) is 0 Å². The second-order valence-electron chi connectivity index (χ2n) is 15.0. The molecule has 0 nitrogen and oxygen atoms in total. The lowest BCUT2D eigenvalue weighted by Gasteiger charge is -2.45. The van der Waals surface area contributed by atoms with Gasteiger partial charge in [0.2, 0.25) is 0 Å². The fraction of sp³-hybridized carbons (Fsp3) is 0.476. The first-order valence-corrected chi connectivity index (χ1v) is 16.8. The van der Waals surface area contributed by atoms with Crippen LogP contribution in [0.15, 0.2) is 121 Å². The van der Waals surface area contributed by atoms with Crippen molar-refractivity contribution in [3.8, 4) is 0 Å². The molecule has 220 valence electrons. The third-order valence-corrected chi connectivity index (χ3v) is 11.5. The summed E-state index contributed by atoms with van der Waals surface area (Å²) in [7, 11) is 0. The van der Waals surface area contributed by atoms with E-state index < -0.39 is 0 Å². The second kappa shape index (κ2) is 12.0. The number of hydrogen-bond acceptors (Lipinski definition) is 0. The summed E-state index contributed by atoms with van der Waals surface area (Å²) in [6.45, 7) is 13.4. The van der Waals surface area contributed by atoms with E-state index in [4.69, 9.17) is 0 Å². The van der Waals surface area contributed by atoms with Gasteiger partial charge in [-0.1, -0.05) is 142 Å². The second-order valence-corrected chi connectivity index (χ2v) is 15.0. The predicted molar refractivity (Wildman–Crippen MR) is 180 cm³/mol. The van der Waals surface area contributed by atoms with Crippen LogP contribution in [0.5, 0.6) is 0 Å². The van der Waals surface area contributed by atoms with Gasteiger partial charge in [-0.05, 0) is 103 Å². The first kappa shape index (κ1) is 29.2. The molecule has 7 atom stereocenters. The highest BCUT2D eigenvalue weighted by atomic mass is 14.6. The van der Waals surface area contributed by atoms with Crippen LogP contribution in [0.1, 0.15) is 83.8 Å². The summed E-state index contributed by atoms with van der Waals surface area (Å²) in [4.78, 5) is 0. The van der Waals surface area contributed by atoms with Crippen LogP contribution in [-0.2, 0) is 5.41 Å². The van der Waals surface area contributed by atoms with Crippen LogP contribution in [0.2, 0.25) is 0 Å². The Balaban J connectivity index is 1.47. The maximum absolute atomic E-state index is 3.99. The largest absolute Gasteiger partial charge is 0.103 e. The van der Waals surface area contributed by atoms with Crippen LogP contribution in [0.25, 0.3) is 0 Å². The van der Waals surface area contributed by atoms with E-state index in [0.717, 1.165) is 12.3 Å². The lowest BCUT2D eigenvalue weighted by atomic mass is 9.58. The Bertz CT molecular complexity index is 1300. The highest BCUT2D eigenvalue weighted by Gasteiger charge is 2.54. The normalized spacial score (nSPS) is 30.4. The monoisotopic (exact) mass is 556 g/mol. The molecule has 4 aliphatic rings. The molecule has 2 fully saturated rings. The van der Waals surface area contributed by atoms with Crippen LogP contribution < -0.4 is 0 Å². The number of fused-ring (bicyclic) bond motifs is 3. The minimum atomic E-state index is 0.0135. The van der Waals surface area contributed by atoms with Crippen LogP contribution >= 0.6 is 0 Å². The third-order valence-electron chi connectivity index (χ3n) is 11.5. The van der Waals surface area contributed by atoms with Crippen molar-refractivity contribution >= 4 is 0 Å². The van der Waals surface area contributed by atoms with E-state index in [0.29, 0.717) is 35.5 Å². The number of allylic oxidation sites excluding steroid dienone is 9. The summed E-state index contributed by atoms with van der Waals surface area (Å²) >= 11 is 0. The fourth-order valence-electron chi connectivity index (χ4n) is 9.41. The molecule has 0 spiro atoms. The van der Waals surface area contributed by atoms with E-state index >= 15 is 0 Å². The van der Waals surface area contributed by atoms with Gasteiger partial charge in [-0.3, -0.25) is 0 Å². The summed E-state index contributed by atoms with van der Waals surface area (Å²) in [5.41, 5.74) is 6.21. The Hall–Kier alpha value is -2.86. The van der Waals surface area contributed by atoms with Crippen molar-refractivity contribution in [1.29, 1.82) is 0 Å². The molecule has 4 aliphatic carbocycles. The summed E-state index contributed by atoms with van der Waals surface area (Å²) in [5.74, 6) is 4.42. The Morgan fingerprint density at radius 3 is 2.02 bits per heavy atom. The summed E-state index contributed by atoms with van der Waals surface area (Å²) < 4.78 is 0. The molecule has 0 amide bonds. The third kappa shape index (κ3) is 5.47. The zero-order chi connectivity index (χ0) is 29.3. The molecular weight excluding hydrogens is 504 g/mol. The van der Waals surface area contributed by atoms with Gasteiger partial charge in [0.25, 0.3) is 0 Å². The summed E-state index contributed by atoms with van der Waals surface area (Å²) in [5, 5.41) is 0. The minimum Gasteiger partial charge on any atom is -0.103 e. The lowest BCUT2D eigenvalue weighted by Crippen LogP contribution is -2.40. The molecule has 42 heavy (non-hydrogen) atoms. The van der Waals surface area contributed by atoms with Gasteiger partial charge >= 0.3 is 0 Å². The molecule has 0 aliphatic heterocycles. The Morgan fingerprint density at radius 1 is 0.786 bits per heavy atom. The maximum Gasteiger partial charge on any atom is 0.0234 e. The van der Waals surface area contributed by atoms with E-state index in [-0.39, 0.29) is 10.8 Å². The van der Waals surface area contributed by atoms with Crippen molar-refractivity contribution in [3.63, 3.8) is 0 Å². The first-order valence-electron chi connectivity index (χ1n) is 16.8. The van der Waals surface area contributed by atoms with E-state index in [9.17, 15) is 0 Å². The van der Waals surface area contributed by atoms with Crippen molar-refractivity contribution in [1.82, 2.24) is 0 Å². The average molecular weight is 557 g/mol. The highest BCUT2D eigenvalue weighted by molar-refractivity contribution is 5.43. The van der Waals surface area contributed by atoms with E-state index in [1.165, 1.54) is 60.8 Å². The van der Waals surface area contributed by atoms with Gasteiger partial charge in [0, 0.05) is 5.41 Å². The van der Waals surface area contributed by atoms with Crippen LogP contribution in [-0.4, -0.2) is 0 Å². The molecule has 0 aromatic heterocycles. The van der Waals surface area contributed by atoms with E-state index in [1.807, 2.05) is 0 Å². The summed E-state index contributed by atoms with van der Waals surface area (Å²) in [6, 6.07) is 23.4. The highest BCUT2D eigenvalue weighted by Crippen LogP contribution is 2.60. The Labute approximate surface area is 256 Å². The fourth-order valence-corrected chi connectivity index (χ4v) is 9.41. The van der Waals surface area contributed by atoms with Gasteiger partial charge in [-0.25, -0.2) is 0 Å². The molecule has 0 heterocycles. The molecule has 0 saturated heterocycles. The molecule has 7 unspecified atom stereocenters. The van der Waals surface area contributed by atoms with Crippen molar-refractivity contribution in [3.05, 3.63) is 132 Å². The topological polar surface area (TPSA) is 0 Å². The Morgan fingerprint density at radius 2 is 1.40 bits per heavy atom. The van der Waals surface area contributed by atoms with Gasteiger partial charge in [-0.15, -0.1) is 6.58 Å². The van der Waals surface area contributed by atoms with Crippen molar-refractivity contribution < 1.29 is 0 Å². The zero-order valence-electron chi connectivity index (χ0n) is 26.5. The molecule has 0 bridgehead atoms. The van der Waals surface area contributed by atoms with Gasteiger partial charge in [0.05, 0.1) is 0 Å². The standard InChI is InChI=1S/C42H52/c1-6-7-10-15-31-21-22-35(27-31)42(32-16-11-8-12-17-32,33-18-13-9-14-19-33)29-40-38-26-30(2)20-24-36(38)37-25-23-34(28-39(37)40)41(3,4)5/h6,8-9,11-14,16-20,23-26,28,31,35-40H,1,7,10,15,21-22,27,29H2,2-5H3. The van der Waals surface area contributed by atoms with Crippen molar-refractivity contribution in [2.75, 3.05) is 0 Å². The smallest absolute Gasteiger partial charge is 0.0234 e. The molecule has 0 heteroatoms. The zero-order valence-corrected chi connectivity index (χ0v) is 26.5. The number of hydrogen-bond donors (Lipinski definition) is 0. The van der Waals surface area contributed by atoms with Crippen molar-refractivity contribution in [2.24, 2.45) is 46.8 Å². The molecule has 2 aromatic rings. The molecular formula is C42H52. The quantitative estimate of drug-likeness (QED) is 0.213. The van der Waals surface area contributed by atoms with E-state index in [1.54, 1.807) is 0 Å². The van der Waals surface area contributed by atoms with Crippen molar-refractivity contribution in [2.45, 2.75) is 78.1 Å². The number of benzene rings is 2. The van der Waals surface area contributed by atoms with Crippen LogP contribution in [0.3, 0.4) is 0 Å². The number of unbranched alkanes of at least 4 members (excludes halogenated alkanes) is 1. The Kier molecular flexibility index (Phi) is 8.37. The van der Waals surface area contributed by atoms with Gasteiger partial charge < -0.3 is 0 Å².